The number of aliphatic hydroxyl groups excluding tert-OH is 1. The van der Waals surface area contributed by atoms with Gasteiger partial charge in [0.2, 0.25) is 0 Å². The average molecular weight is 275 g/mol. The summed E-state index contributed by atoms with van der Waals surface area (Å²) in [6, 6.07) is 6.55. The van der Waals surface area contributed by atoms with Crippen LogP contribution in [0.2, 0.25) is 0 Å². The summed E-state index contributed by atoms with van der Waals surface area (Å²) >= 11 is 0. The Labute approximate surface area is 115 Å². The molecule has 1 fully saturated rings. The van der Waals surface area contributed by atoms with Crippen molar-refractivity contribution < 1.29 is 19.8 Å². The number of nitrogens with one attached hydrogen (secondary N) is 1. The molecule has 20 heavy (non-hydrogen) atoms. The van der Waals surface area contributed by atoms with Crippen LogP contribution in [0.3, 0.4) is 0 Å². The lowest BCUT2D eigenvalue weighted by Gasteiger charge is -2.21. The van der Waals surface area contributed by atoms with Gasteiger partial charge in [0.25, 0.3) is 0 Å². The smallest absolute Gasteiger partial charge is 0.326 e. The van der Waals surface area contributed by atoms with Crippen LogP contribution < -0.4 is 5.32 Å². The van der Waals surface area contributed by atoms with Gasteiger partial charge in [-0.25, -0.2) is 9.59 Å². The average Bonchev–Trinajstić information content (AvgIpc) is 2.82. The molecular weight excluding hydrogens is 262 g/mol. The number of amides is 2. The summed E-state index contributed by atoms with van der Waals surface area (Å²) in [4.78, 5) is 24.1. The number of nitrogens with zero attached hydrogens (tertiary/aromatic N) is 2. The third kappa shape index (κ3) is 2.87. The van der Waals surface area contributed by atoms with Crippen LogP contribution in [-0.2, 0) is 4.79 Å². The van der Waals surface area contributed by atoms with Crippen molar-refractivity contribution >= 4 is 17.7 Å². The van der Waals surface area contributed by atoms with E-state index in [2.05, 4.69) is 5.32 Å². The number of hydrogen-bond donors (Lipinski definition) is 3. The molecule has 1 aromatic rings. The molecule has 104 valence electrons. The van der Waals surface area contributed by atoms with Crippen LogP contribution in [0.15, 0.2) is 24.3 Å². The van der Waals surface area contributed by atoms with Gasteiger partial charge in [0, 0.05) is 18.7 Å². The zero-order valence-electron chi connectivity index (χ0n) is 10.5. The molecule has 0 saturated carbocycles. The fraction of sp³-hybridized carbons (Fsp3) is 0.308. The lowest BCUT2D eigenvalue weighted by molar-refractivity contribution is -0.141. The molecule has 7 nitrogen and oxygen atoms in total. The number of rotatable bonds is 2. The number of carboxylic acid groups (broad SMARTS) is 1. The van der Waals surface area contributed by atoms with Gasteiger partial charge in [0.05, 0.1) is 17.7 Å². The van der Waals surface area contributed by atoms with Crippen LogP contribution >= 0.6 is 0 Å². The van der Waals surface area contributed by atoms with Crippen LogP contribution in [0.5, 0.6) is 0 Å². The van der Waals surface area contributed by atoms with Crippen LogP contribution in [0.4, 0.5) is 10.5 Å². The molecule has 1 aliphatic heterocycles. The van der Waals surface area contributed by atoms with E-state index in [-0.39, 0.29) is 13.0 Å². The van der Waals surface area contributed by atoms with Gasteiger partial charge in [0.15, 0.2) is 0 Å². The van der Waals surface area contributed by atoms with E-state index >= 15 is 0 Å². The summed E-state index contributed by atoms with van der Waals surface area (Å²) in [7, 11) is 0. The number of nitriles is 1. The Balaban J connectivity index is 2.07. The fourth-order valence-electron chi connectivity index (χ4n) is 2.10. The number of carbonyl (C=O) groups is 2. The minimum atomic E-state index is -1.14. The molecular formula is C13H13N3O4. The molecule has 2 rings (SSSR count). The number of carboxylic acids is 1. The highest BCUT2D eigenvalue weighted by Gasteiger charge is 2.38. The number of benzene rings is 1. The third-order valence-electron chi connectivity index (χ3n) is 3.09. The highest BCUT2D eigenvalue weighted by atomic mass is 16.4. The molecule has 0 radical (unpaired) electrons. The zero-order valence-corrected chi connectivity index (χ0v) is 10.5. The van der Waals surface area contributed by atoms with Crippen molar-refractivity contribution in [3.8, 4) is 6.07 Å². The van der Waals surface area contributed by atoms with Gasteiger partial charge in [-0.05, 0) is 24.3 Å². The summed E-state index contributed by atoms with van der Waals surface area (Å²) in [5.41, 5.74) is 0.919. The molecule has 1 aromatic carbocycles. The summed E-state index contributed by atoms with van der Waals surface area (Å²) < 4.78 is 0. The number of urea groups is 1. The Hall–Kier alpha value is -2.59. The maximum Gasteiger partial charge on any atom is 0.326 e. The third-order valence-corrected chi connectivity index (χ3v) is 3.09. The minimum Gasteiger partial charge on any atom is -0.480 e. The number of aliphatic carboxylic acids is 1. The van der Waals surface area contributed by atoms with E-state index < -0.39 is 24.1 Å². The Kier molecular flexibility index (Phi) is 3.86. The minimum absolute atomic E-state index is 0.0148. The summed E-state index contributed by atoms with van der Waals surface area (Å²) in [5, 5.41) is 29.7. The Morgan fingerprint density at radius 2 is 2.00 bits per heavy atom. The van der Waals surface area contributed by atoms with Crippen molar-refractivity contribution in [3.05, 3.63) is 29.8 Å². The van der Waals surface area contributed by atoms with Crippen LogP contribution in [0.1, 0.15) is 12.0 Å². The normalized spacial score (nSPS) is 21.3. The largest absolute Gasteiger partial charge is 0.480 e. The molecule has 1 saturated heterocycles. The summed E-state index contributed by atoms with van der Waals surface area (Å²) in [5.74, 6) is -1.14. The van der Waals surface area contributed by atoms with Crippen molar-refractivity contribution in [2.75, 3.05) is 11.9 Å². The molecule has 0 spiro atoms. The predicted molar refractivity (Wildman–Crippen MR) is 68.9 cm³/mol. The van der Waals surface area contributed by atoms with Gasteiger partial charge in [-0.2, -0.15) is 5.26 Å². The topological polar surface area (TPSA) is 114 Å². The number of β-amino-alcohol motifs (C(OH)–C–C–N with tert-alkyl or cyclic N) is 1. The summed E-state index contributed by atoms with van der Waals surface area (Å²) in [6.45, 7) is -0.0148. The number of carbonyl (C=O) groups excluding carboxylic acids is 1. The Morgan fingerprint density at radius 1 is 1.35 bits per heavy atom. The first-order valence-electron chi connectivity index (χ1n) is 6.00. The van der Waals surface area contributed by atoms with E-state index in [1.807, 2.05) is 6.07 Å². The second-order valence-corrected chi connectivity index (χ2v) is 4.52. The van der Waals surface area contributed by atoms with E-state index in [9.17, 15) is 14.7 Å². The monoisotopic (exact) mass is 275 g/mol. The Bertz CT molecular complexity index is 564. The maximum absolute atomic E-state index is 12.0. The van der Waals surface area contributed by atoms with Gasteiger partial charge >= 0.3 is 12.0 Å². The van der Waals surface area contributed by atoms with E-state index in [0.29, 0.717) is 11.3 Å². The molecule has 0 aromatic heterocycles. The molecule has 2 atom stereocenters. The lowest BCUT2D eigenvalue weighted by atomic mass is 10.2. The number of aliphatic hydroxyl groups is 1. The summed E-state index contributed by atoms with van der Waals surface area (Å²) in [6.07, 6.45) is -0.807. The lowest BCUT2D eigenvalue weighted by Crippen LogP contribution is -2.43. The second-order valence-electron chi connectivity index (χ2n) is 4.52. The van der Waals surface area contributed by atoms with Crippen LogP contribution in [0, 0.1) is 11.3 Å². The SMILES string of the molecule is N#Cc1ccc(NC(=O)N2CC(O)C[C@H]2C(=O)O)cc1. The van der Waals surface area contributed by atoms with E-state index in [4.69, 9.17) is 10.4 Å². The maximum atomic E-state index is 12.0. The van der Waals surface area contributed by atoms with Crippen molar-refractivity contribution in [3.63, 3.8) is 0 Å². The van der Waals surface area contributed by atoms with Crippen molar-refractivity contribution in [1.82, 2.24) is 4.90 Å². The first-order chi connectivity index (χ1) is 9.51. The van der Waals surface area contributed by atoms with E-state index in [0.717, 1.165) is 4.90 Å². The van der Waals surface area contributed by atoms with Crippen LogP contribution in [-0.4, -0.2) is 45.8 Å². The van der Waals surface area contributed by atoms with E-state index in [1.54, 1.807) is 24.3 Å². The second kappa shape index (κ2) is 5.59. The first-order valence-corrected chi connectivity index (χ1v) is 6.00. The van der Waals surface area contributed by atoms with Gasteiger partial charge in [0.1, 0.15) is 6.04 Å². The molecule has 1 unspecified atom stereocenters. The molecule has 3 N–H and O–H groups in total. The van der Waals surface area contributed by atoms with Crippen LogP contribution in [0.25, 0.3) is 0 Å². The van der Waals surface area contributed by atoms with Crippen molar-refractivity contribution in [2.45, 2.75) is 18.6 Å². The highest BCUT2D eigenvalue weighted by Crippen LogP contribution is 2.20. The Morgan fingerprint density at radius 3 is 2.55 bits per heavy atom. The number of hydrogen-bond acceptors (Lipinski definition) is 4. The highest BCUT2D eigenvalue weighted by molar-refractivity contribution is 5.92. The van der Waals surface area contributed by atoms with Gasteiger partial charge in [-0.3, -0.25) is 0 Å². The quantitative estimate of drug-likeness (QED) is 0.731. The van der Waals surface area contributed by atoms with Crippen molar-refractivity contribution in [1.29, 1.82) is 5.26 Å². The molecule has 1 aliphatic rings. The fourth-order valence-corrected chi connectivity index (χ4v) is 2.10. The molecule has 1 heterocycles. The standard InChI is InChI=1S/C13H13N3O4/c14-6-8-1-3-9(4-2-8)15-13(20)16-7-10(17)5-11(16)12(18)19/h1-4,10-11,17H,5,7H2,(H,15,20)(H,18,19)/t10?,11-/m0/s1. The van der Waals surface area contributed by atoms with Gasteiger partial charge in [-0.15, -0.1) is 0 Å². The molecule has 2 amide bonds. The van der Waals surface area contributed by atoms with E-state index in [1.165, 1.54) is 0 Å². The number of anilines is 1. The first kappa shape index (κ1) is 13.8. The number of likely N-dealkylation sites (tertiary alicyclic amines) is 1. The molecule has 7 heteroatoms. The van der Waals surface area contributed by atoms with Crippen molar-refractivity contribution in [2.24, 2.45) is 0 Å². The molecule has 0 bridgehead atoms. The predicted octanol–water partition coefficient (Wildman–Crippen LogP) is 0.610. The molecule has 0 aliphatic carbocycles. The van der Waals surface area contributed by atoms with Gasteiger partial charge in [-0.1, -0.05) is 0 Å². The van der Waals surface area contributed by atoms with Gasteiger partial charge < -0.3 is 20.4 Å². The zero-order chi connectivity index (χ0) is 14.7.